The van der Waals surface area contributed by atoms with Crippen LogP contribution in [0.5, 0.6) is 11.5 Å². The van der Waals surface area contributed by atoms with Gasteiger partial charge in [0.2, 0.25) is 0 Å². The number of ether oxygens (including phenoxy) is 1. The second-order valence-electron chi connectivity index (χ2n) is 7.02. The molecule has 30 heavy (non-hydrogen) atoms. The summed E-state index contributed by atoms with van der Waals surface area (Å²) in [5.41, 5.74) is -0.562. The molecular weight excluding hydrogens is 406 g/mol. The molecule has 1 fully saturated rings. The van der Waals surface area contributed by atoms with Gasteiger partial charge in [-0.15, -0.1) is 0 Å². The van der Waals surface area contributed by atoms with E-state index in [0.29, 0.717) is 27.6 Å². The van der Waals surface area contributed by atoms with Crippen molar-refractivity contribution in [2.24, 2.45) is 0 Å². The first-order valence-electron chi connectivity index (χ1n) is 9.21. The van der Waals surface area contributed by atoms with E-state index in [1.165, 1.54) is 4.57 Å². The van der Waals surface area contributed by atoms with E-state index in [4.69, 9.17) is 16.3 Å². The fourth-order valence-corrected chi connectivity index (χ4v) is 3.51. The second-order valence-corrected chi connectivity index (χ2v) is 7.45. The molecule has 1 atom stereocenters. The Morgan fingerprint density at radius 2 is 1.60 bits per heavy atom. The second kappa shape index (κ2) is 7.68. The molecule has 3 aromatic rings. The summed E-state index contributed by atoms with van der Waals surface area (Å²) in [5.74, 6) is 0.640. The van der Waals surface area contributed by atoms with Crippen LogP contribution in [-0.4, -0.2) is 16.5 Å². The molecule has 1 aliphatic rings. The number of aryl methyl sites for hydroxylation is 1. The lowest BCUT2D eigenvalue weighted by Gasteiger charge is -2.27. The first-order valence-corrected chi connectivity index (χ1v) is 9.59. The van der Waals surface area contributed by atoms with Crippen LogP contribution in [0.1, 0.15) is 11.1 Å². The standard InChI is InChI=1S/C22H18ClN3O4/c1-14-3-2-12-26(19(14)27)13-22(20(28)24-21(29)25-22)15-4-8-17(9-5-15)30-18-10-6-16(23)7-11-18/h2-12H,13H2,1H3,(H2,24,25,28,29). The molecule has 1 saturated heterocycles. The minimum Gasteiger partial charge on any atom is -0.457 e. The summed E-state index contributed by atoms with van der Waals surface area (Å²) in [5, 5.41) is 5.57. The monoisotopic (exact) mass is 423 g/mol. The van der Waals surface area contributed by atoms with Gasteiger partial charge in [-0.05, 0) is 55.0 Å². The number of benzene rings is 2. The quantitative estimate of drug-likeness (QED) is 0.616. The van der Waals surface area contributed by atoms with Crippen molar-refractivity contribution >= 4 is 23.5 Å². The smallest absolute Gasteiger partial charge is 0.322 e. The van der Waals surface area contributed by atoms with E-state index in [0.717, 1.165) is 0 Å². The molecule has 7 nitrogen and oxygen atoms in total. The molecule has 2 aromatic carbocycles. The minimum absolute atomic E-state index is 0.0392. The van der Waals surface area contributed by atoms with E-state index in [1.807, 2.05) is 0 Å². The third-order valence-electron chi connectivity index (χ3n) is 4.96. The van der Waals surface area contributed by atoms with E-state index in [-0.39, 0.29) is 12.1 Å². The Balaban J connectivity index is 1.67. The summed E-state index contributed by atoms with van der Waals surface area (Å²) in [6, 6.07) is 16.5. The molecule has 4 rings (SSSR count). The number of urea groups is 1. The van der Waals surface area contributed by atoms with Crippen LogP contribution in [0.15, 0.2) is 71.7 Å². The number of imide groups is 1. The lowest BCUT2D eigenvalue weighted by Crippen LogP contribution is -2.49. The number of carbonyl (C=O) groups is 2. The first-order chi connectivity index (χ1) is 14.4. The minimum atomic E-state index is -1.41. The predicted octanol–water partition coefficient (Wildman–Crippen LogP) is 3.34. The van der Waals surface area contributed by atoms with Crippen LogP contribution in [0.25, 0.3) is 0 Å². The number of aromatic nitrogens is 1. The lowest BCUT2D eigenvalue weighted by molar-refractivity contribution is -0.124. The molecule has 8 heteroatoms. The van der Waals surface area contributed by atoms with Gasteiger partial charge in [-0.2, -0.15) is 0 Å². The number of nitrogens with one attached hydrogen (secondary N) is 2. The number of hydrogen-bond donors (Lipinski definition) is 2. The Morgan fingerprint density at radius 3 is 2.20 bits per heavy atom. The molecule has 0 saturated carbocycles. The van der Waals surface area contributed by atoms with Gasteiger partial charge in [0, 0.05) is 16.8 Å². The largest absolute Gasteiger partial charge is 0.457 e. The molecule has 152 valence electrons. The van der Waals surface area contributed by atoms with Crippen molar-refractivity contribution in [2.75, 3.05) is 0 Å². The van der Waals surface area contributed by atoms with Crippen LogP contribution >= 0.6 is 11.6 Å². The van der Waals surface area contributed by atoms with Crippen LogP contribution in [0.3, 0.4) is 0 Å². The number of nitrogens with zero attached hydrogens (tertiary/aromatic N) is 1. The van der Waals surface area contributed by atoms with Crippen molar-refractivity contribution in [3.63, 3.8) is 0 Å². The third-order valence-corrected chi connectivity index (χ3v) is 5.21. The third kappa shape index (κ3) is 3.67. The Morgan fingerprint density at radius 1 is 0.967 bits per heavy atom. The molecule has 0 radical (unpaired) electrons. The fraction of sp³-hybridized carbons (Fsp3) is 0.136. The summed E-state index contributed by atoms with van der Waals surface area (Å²) >= 11 is 5.88. The Labute approximate surface area is 177 Å². The van der Waals surface area contributed by atoms with Gasteiger partial charge in [0.25, 0.3) is 11.5 Å². The van der Waals surface area contributed by atoms with E-state index in [1.54, 1.807) is 73.8 Å². The van der Waals surface area contributed by atoms with Gasteiger partial charge < -0.3 is 14.6 Å². The lowest BCUT2D eigenvalue weighted by atomic mass is 9.89. The highest BCUT2D eigenvalue weighted by Crippen LogP contribution is 2.30. The first kappa shape index (κ1) is 19.7. The van der Waals surface area contributed by atoms with Crippen molar-refractivity contribution in [3.05, 3.63) is 93.4 Å². The van der Waals surface area contributed by atoms with Crippen molar-refractivity contribution in [3.8, 4) is 11.5 Å². The average molecular weight is 424 g/mol. The maximum atomic E-state index is 12.8. The van der Waals surface area contributed by atoms with Crippen LogP contribution in [-0.2, 0) is 16.9 Å². The molecular formula is C22H18ClN3O4. The van der Waals surface area contributed by atoms with E-state index in [9.17, 15) is 14.4 Å². The number of carbonyl (C=O) groups excluding carboxylic acids is 2. The van der Waals surface area contributed by atoms with Gasteiger partial charge >= 0.3 is 6.03 Å². The molecule has 1 aromatic heterocycles. The SMILES string of the molecule is Cc1cccn(CC2(c3ccc(Oc4ccc(Cl)cc4)cc3)NC(=O)NC2=O)c1=O. The van der Waals surface area contributed by atoms with Gasteiger partial charge in [-0.25, -0.2) is 4.79 Å². The van der Waals surface area contributed by atoms with Crippen LogP contribution in [0.4, 0.5) is 4.79 Å². The van der Waals surface area contributed by atoms with Crippen molar-refractivity contribution in [1.29, 1.82) is 0 Å². The van der Waals surface area contributed by atoms with Crippen LogP contribution in [0.2, 0.25) is 5.02 Å². The summed E-state index contributed by atoms with van der Waals surface area (Å²) in [4.78, 5) is 37.2. The molecule has 1 unspecified atom stereocenters. The Kier molecular flexibility index (Phi) is 5.05. The van der Waals surface area contributed by atoms with Gasteiger partial charge in [0.1, 0.15) is 11.5 Å². The molecule has 0 aliphatic carbocycles. The van der Waals surface area contributed by atoms with Crippen molar-refractivity contribution in [2.45, 2.75) is 19.0 Å². The number of rotatable bonds is 5. The van der Waals surface area contributed by atoms with E-state index >= 15 is 0 Å². The maximum absolute atomic E-state index is 12.8. The highest BCUT2D eigenvalue weighted by Gasteiger charge is 2.48. The number of amides is 3. The highest BCUT2D eigenvalue weighted by molar-refractivity contribution is 6.30. The van der Waals surface area contributed by atoms with E-state index < -0.39 is 17.5 Å². The average Bonchev–Trinajstić information content (AvgIpc) is 3.01. The van der Waals surface area contributed by atoms with Gasteiger partial charge in [-0.3, -0.25) is 14.9 Å². The zero-order chi connectivity index (χ0) is 21.3. The van der Waals surface area contributed by atoms with Gasteiger partial charge in [0.05, 0.1) is 6.54 Å². The topological polar surface area (TPSA) is 89.4 Å². The molecule has 2 N–H and O–H groups in total. The van der Waals surface area contributed by atoms with Crippen molar-refractivity contribution < 1.29 is 14.3 Å². The molecule has 1 aliphatic heterocycles. The Hall–Kier alpha value is -3.58. The molecule has 3 amide bonds. The fourth-order valence-electron chi connectivity index (χ4n) is 3.38. The maximum Gasteiger partial charge on any atom is 0.322 e. The zero-order valence-corrected chi connectivity index (χ0v) is 16.8. The van der Waals surface area contributed by atoms with Crippen LogP contribution < -0.4 is 20.9 Å². The predicted molar refractivity (Wildman–Crippen MR) is 112 cm³/mol. The van der Waals surface area contributed by atoms with Crippen LogP contribution in [0, 0.1) is 6.92 Å². The van der Waals surface area contributed by atoms with Gasteiger partial charge in [0.15, 0.2) is 5.54 Å². The molecule has 2 heterocycles. The van der Waals surface area contributed by atoms with Crippen molar-refractivity contribution in [1.82, 2.24) is 15.2 Å². The zero-order valence-electron chi connectivity index (χ0n) is 16.0. The number of hydrogen-bond acceptors (Lipinski definition) is 4. The summed E-state index contributed by atoms with van der Waals surface area (Å²) in [7, 11) is 0. The summed E-state index contributed by atoms with van der Waals surface area (Å²) in [6.45, 7) is 1.66. The molecule has 0 spiro atoms. The summed E-state index contributed by atoms with van der Waals surface area (Å²) in [6.07, 6.45) is 1.59. The Bertz CT molecular complexity index is 1170. The normalized spacial score (nSPS) is 18.1. The molecule has 0 bridgehead atoms. The summed E-state index contributed by atoms with van der Waals surface area (Å²) < 4.78 is 7.20. The van der Waals surface area contributed by atoms with Gasteiger partial charge in [-0.1, -0.05) is 29.8 Å². The van der Waals surface area contributed by atoms with E-state index in [2.05, 4.69) is 10.6 Å². The highest BCUT2D eigenvalue weighted by atomic mass is 35.5. The number of halogens is 1. The number of pyridine rings is 1.